The molecule has 19 heavy (non-hydrogen) atoms. The molecule has 3 atom stereocenters. The Kier molecular flexibility index (Phi) is 5.36. The van der Waals surface area contributed by atoms with Crippen LogP contribution in [-0.2, 0) is 15.9 Å². The monoisotopic (exact) mass is 267 g/mol. The van der Waals surface area contributed by atoms with Gasteiger partial charge in [-0.05, 0) is 26.5 Å². The van der Waals surface area contributed by atoms with Gasteiger partial charge in [0.25, 0.3) is 0 Å². The van der Waals surface area contributed by atoms with Crippen LogP contribution < -0.4 is 5.32 Å². The molecule has 0 bridgehead atoms. The molecule has 1 aromatic rings. The normalized spacial score (nSPS) is 23.2. The summed E-state index contributed by atoms with van der Waals surface area (Å²) < 4.78 is 13.3. The first-order chi connectivity index (χ1) is 9.24. The number of hydrogen-bond donors (Lipinski definition) is 1. The third kappa shape index (κ3) is 3.78. The average molecular weight is 267 g/mol. The van der Waals surface area contributed by atoms with Crippen LogP contribution in [0.15, 0.2) is 12.3 Å². The number of nitrogens with one attached hydrogen (secondary N) is 1. The van der Waals surface area contributed by atoms with Crippen molar-refractivity contribution in [1.82, 2.24) is 15.1 Å². The summed E-state index contributed by atoms with van der Waals surface area (Å²) in [6, 6.07) is 2.80. The van der Waals surface area contributed by atoms with E-state index < -0.39 is 0 Å². The predicted molar refractivity (Wildman–Crippen MR) is 74.3 cm³/mol. The fourth-order valence-corrected chi connectivity index (χ4v) is 2.30. The maximum absolute atomic E-state index is 5.76. The van der Waals surface area contributed by atoms with Gasteiger partial charge in [-0.1, -0.05) is 6.92 Å². The zero-order chi connectivity index (χ0) is 13.7. The van der Waals surface area contributed by atoms with E-state index in [1.165, 1.54) is 0 Å². The number of aromatic nitrogens is 2. The molecule has 2 heterocycles. The lowest BCUT2D eigenvalue weighted by Crippen LogP contribution is -2.46. The minimum Gasteiger partial charge on any atom is -0.376 e. The van der Waals surface area contributed by atoms with Crippen LogP contribution in [0.3, 0.4) is 0 Å². The Morgan fingerprint density at radius 3 is 3.00 bits per heavy atom. The van der Waals surface area contributed by atoms with Gasteiger partial charge in [0.15, 0.2) is 0 Å². The lowest BCUT2D eigenvalue weighted by Gasteiger charge is -2.29. The minimum absolute atomic E-state index is 0.118. The van der Waals surface area contributed by atoms with Crippen molar-refractivity contribution in [2.24, 2.45) is 0 Å². The summed E-state index contributed by atoms with van der Waals surface area (Å²) in [5.74, 6) is 0. The topological polar surface area (TPSA) is 48.3 Å². The molecule has 1 aliphatic heterocycles. The van der Waals surface area contributed by atoms with Crippen molar-refractivity contribution in [3.05, 3.63) is 18.0 Å². The van der Waals surface area contributed by atoms with Crippen molar-refractivity contribution >= 4 is 0 Å². The van der Waals surface area contributed by atoms with Crippen molar-refractivity contribution in [1.29, 1.82) is 0 Å². The van der Waals surface area contributed by atoms with Crippen LogP contribution in [-0.4, -0.2) is 48.8 Å². The molecule has 0 aliphatic carbocycles. The van der Waals surface area contributed by atoms with Gasteiger partial charge in [0.2, 0.25) is 0 Å². The highest BCUT2D eigenvalue weighted by atomic mass is 16.6. The SMILES string of the molecule is CCC(C)n1ccc(CC(NC)C2COCCO2)n1. The van der Waals surface area contributed by atoms with Crippen LogP contribution in [0.1, 0.15) is 32.0 Å². The molecule has 1 N–H and O–H groups in total. The van der Waals surface area contributed by atoms with Crippen molar-refractivity contribution < 1.29 is 9.47 Å². The first-order valence-electron chi connectivity index (χ1n) is 7.15. The molecular formula is C14H25N3O2. The van der Waals surface area contributed by atoms with Crippen molar-refractivity contribution in [3.63, 3.8) is 0 Å². The van der Waals surface area contributed by atoms with Crippen LogP contribution in [0.25, 0.3) is 0 Å². The van der Waals surface area contributed by atoms with E-state index in [2.05, 4.69) is 36.5 Å². The van der Waals surface area contributed by atoms with E-state index in [9.17, 15) is 0 Å². The molecule has 0 saturated carbocycles. The van der Waals surface area contributed by atoms with Crippen molar-refractivity contribution in [2.75, 3.05) is 26.9 Å². The maximum atomic E-state index is 5.76. The molecule has 0 aromatic carbocycles. The Balaban J connectivity index is 1.95. The second kappa shape index (κ2) is 7.03. The van der Waals surface area contributed by atoms with Crippen LogP contribution in [0.2, 0.25) is 0 Å². The fourth-order valence-electron chi connectivity index (χ4n) is 2.30. The first kappa shape index (κ1) is 14.5. The number of rotatable bonds is 6. The van der Waals surface area contributed by atoms with Gasteiger partial charge in [-0.2, -0.15) is 5.10 Å². The summed E-state index contributed by atoms with van der Waals surface area (Å²) in [4.78, 5) is 0. The highest BCUT2D eigenvalue weighted by molar-refractivity contribution is 5.03. The molecule has 0 radical (unpaired) electrons. The molecule has 1 aliphatic rings. The fraction of sp³-hybridized carbons (Fsp3) is 0.786. The Bertz CT molecular complexity index is 375. The average Bonchev–Trinajstić information content (AvgIpc) is 2.93. The van der Waals surface area contributed by atoms with Gasteiger partial charge in [-0.15, -0.1) is 0 Å². The quantitative estimate of drug-likeness (QED) is 0.846. The number of likely N-dealkylation sites (N-methyl/N-ethyl adjacent to an activating group) is 1. The molecular weight excluding hydrogens is 242 g/mol. The Morgan fingerprint density at radius 1 is 1.53 bits per heavy atom. The lowest BCUT2D eigenvalue weighted by atomic mass is 10.1. The van der Waals surface area contributed by atoms with Crippen LogP contribution >= 0.6 is 0 Å². The highest BCUT2D eigenvalue weighted by Gasteiger charge is 2.24. The van der Waals surface area contributed by atoms with E-state index in [0.717, 1.165) is 18.5 Å². The Labute approximate surface area is 115 Å². The van der Waals surface area contributed by atoms with E-state index >= 15 is 0 Å². The first-order valence-corrected chi connectivity index (χ1v) is 7.15. The minimum atomic E-state index is 0.118. The Morgan fingerprint density at radius 2 is 2.37 bits per heavy atom. The van der Waals surface area contributed by atoms with Gasteiger partial charge >= 0.3 is 0 Å². The third-order valence-electron chi connectivity index (χ3n) is 3.80. The van der Waals surface area contributed by atoms with Gasteiger partial charge < -0.3 is 14.8 Å². The third-order valence-corrected chi connectivity index (χ3v) is 3.80. The van der Waals surface area contributed by atoms with Gasteiger partial charge in [-0.3, -0.25) is 4.68 Å². The van der Waals surface area contributed by atoms with Gasteiger partial charge in [-0.25, -0.2) is 0 Å². The molecule has 2 rings (SSSR count). The second-order valence-corrected chi connectivity index (χ2v) is 5.13. The van der Waals surface area contributed by atoms with Gasteiger partial charge in [0.05, 0.1) is 31.6 Å². The van der Waals surface area contributed by atoms with E-state index in [-0.39, 0.29) is 12.1 Å². The predicted octanol–water partition coefficient (Wildman–Crippen LogP) is 1.40. The highest BCUT2D eigenvalue weighted by Crippen LogP contribution is 2.13. The van der Waals surface area contributed by atoms with E-state index in [0.29, 0.717) is 25.9 Å². The second-order valence-electron chi connectivity index (χ2n) is 5.13. The number of nitrogens with zero attached hydrogens (tertiary/aromatic N) is 2. The number of hydrogen-bond acceptors (Lipinski definition) is 4. The number of ether oxygens (including phenoxy) is 2. The molecule has 5 nitrogen and oxygen atoms in total. The van der Waals surface area contributed by atoms with Crippen molar-refractivity contribution in [3.8, 4) is 0 Å². The van der Waals surface area contributed by atoms with Crippen molar-refractivity contribution in [2.45, 2.75) is 44.9 Å². The van der Waals surface area contributed by atoms with Crippen LogP contribution in [0.5, 0.6) is 0 Å². The molecule has 108 valence electrons. The Hall–Kier alpha value is -0.910. The molecule has 0 spiro atoms. The van der Waals surface area contributed by atoms with Gasteiger partial charge in [0, 0.05) is 24.7 Å². The summed E-state index contributed by atoms with van der Waals surface area (Å²) >= 11 is 0. The largest absolute Gasteiger partial charge is 0.376 e. The summed E-state index contributed by atoms with van der Waals surface area (Å²) in [6.45, 7) is 6.41. The summed E-state index contributed by atoms with van der Waals surface area (Å²) in [7, 11) is 1.97. The maximum Gasteiger partial charge on any atom is 0.0965 e. The van der Waals surface area contributed by atoms with Gasteiger partial charge in [0.1, 0.15) is 0 Å². The van der Waals surface area contributed by atoms with E-state index in [1.807, 2.05) is 11.7 Å². The van der Waals surface area contributed by atoms with E-state index in [4.69, 9.17) is 9.47 Å². The zero-order valence-corrected chi connectivity index (χ0v) is 12.1. The van der Waals surface area contributed by atoms with Crippen LogP contribution in [0.4, 0.5) is 0 Å². The molecule has 1 saturated heterocycles. The van der Waals surface area contributed by atoms with E-state index in [1.54, 1.807) is 0 Å². The molecule has 0 amide bonds. The molecule has 3 unspecified atom stereocenters. The molecule has 5 heteroatoms. The van der Waals surface area contributed by atoms with Crippen LogP contribution in [0, 0.1) is 0 Å². The standard InChI is InChI=1S/C14H25N3O2/c1-4-11(2)17-6-5-12(16-17)9-13(15-3)14-10-18-7-8-19-14/h5-6,11,13-15H,4,7-10H2,1-3H3. The summed E-state index contributed by atoms with van der Waals surface area (Å²) in [5.41, 5.74) is 1.11. The summed E-state index contributed by atoms with van der Waals surface area (Å²) in [6.07, 6.45) is 4.14. The smallest absolute Gasteiger partial charge is 0.0965 e. The summed E-state index contributed by atoms with van der Waals surface area (Å²) in [5, 5.41) is 7.96. The molecule has 1 aromatic heterocycles. The lowest BCUT2D eigenvalue weighted by molar-refractivity contribution is -0.100. The molecule has 1 fully saturated rings. The zero-order valence-electron chi connectivity index (χ0n) is 12.1.